The van der Waals surface area contributed by atoms with Gasteiger partial charge in [0, 0.05) is 6.26 Å². The van der Waals surface area contributed by atoms with Crippen molar-refractivity contribution in [2.45, 2.75) is 12.8 Å². The van der Waals surface area contributed by atoms with Crippen molar-refractivity contribution in [3.63, 3.8) is 0 Å². The molecule has 1 fully saturated rings. The number of hydrogen-bond donors (Lipinski definition) is 1. The van der Waals surface area contributed by atoms with Gasteiger partial charge >= 0.3 is 0 Å². The lowest BCUT2D eigenvalue weighted by molar-refractivity contribution is 0.425. The Balaban J connectivity index is 2.36. The lowest BCUT2D eigenvalue weighted by Gasteiger charge is -2.20. The third-order valence-corrected chi connectivity index (χ3v) is 2.70. The van der Waals surface area contributed by atoms with Gasteiger partial charge in [0.2, 0.25) is 0 Å². The van der Waals surface area contributed by atoms with Gasteiger partial charge in [-0.15, -0.1) is 0 Å². The summed E-state index contributed by atoms with van der Waals surface area (Å²) in [5.74, 6) is 1.75. The average molecular weight is 176 g/mol. The zero-order chi connectivity index (χ0) is 8.32. The maximum Gasteiger partial charge on any atom is 0.151 e. The fraction of sp³-hybridized carbons (Fsp3) is 0.857. The van der Waals surface area contributed by atoms with Gasteiger partial charge in [0.15, 0.2) is 9.84 Å². The minimum absolute atomic E-state index is 0.270. The predicted molar refractivity (Wildman–Crippen MR) is 44.7 cm³/mol. The Morgan fingerprint density at radius 3 is 2.36 bits per heavy atom. The van der Waals surface area contributed by atoms with Crippen LogP contribution in [-0.4, -0.2) is 27.8 Å². The molecule has 0 bridgehead atoms. The Labute approximate surface area is 68.1 Å². The van der Waals surface area contributed by atoms with Gasteiger partial charge in [-0.25, -0.2) is 8.42 Å². The molecule has 1 saturated heterocycles. The van der Waals surface area contributed by atoms with Crippen molar-refractivity contribution >= 4 is 9.84 Å². The van der Waals surface area contributed by atoms with E-state index in [1.54, 1.807) is 0 Å². The highest BCUT2D eigenvalue weighted by Gasteiger charge is 2.17. The first-order chi connectivity index (χ1) is 5.08. The van der Waals surface area contributed by atoms with Gasteiger partial charge in [0.25, 0.3) is 0 Å². The number of nitrogens with one attached hydrogen (secondary N) is 1. The van der Waals surface area contributed by atoms with Crippen molar-refractivity contribution in [2.75, 3.05) is 19.3 Å². The van der Waals surface area contributed by atoms with E-state index >= 15 is 0 Å². The van der Waals surface area contributed by atoms with Gasteiger partial charge in [-0.2, -0.15) is 0 Å². The molecule has 0 aromatic heterocycles. The maximum absolute atomic E-state index is 10.8. The molecule has 1 rings (SSSR count). The molecule has 1 aliphatic rings. The summed E-state index contributed by atoms with van der Waals surface area (Å²) in [6, 6.07) is 0. The summed E-state index contributed by atoms with van der Waals surface area (Å²) in [5.41, 5.74) is 0. The molecule has 65 valence electrons. The van der Waals surface area contributed by atoms with Crippen molar-refractivity contribution in [1.82, 2.24) is 5.32 Å². The summed E-state index contributed by atoms with van der Waals surface area (Å²) in [7, 11) is -2.88. The average Bonchev–Trinajstić information content (AvgIpc) is 1.85. The summed E-state index contributed by atoms with van der Waals surface area (Å²) in [6.45, 7) is 1.88. The van der Waals surface area contributed by atoms with Crippen LogP contribution in [0.3, 0.4) is 0 Å². The Morgan fingerprint density at radius 1 is 1.36 bits per heavy atom. The summed E-state index contributed by atoms with van der Waals surface area (Å²) in [4.78, 5) is 0. The monoisotopic (exact) mass is 176 g/mol. The molecule has 0 aliphatic carbocycles. The van der Waals surface area contributed by atoms with E-state index in [4.69, 9.17) is 0 Å². The minimum Gasteiger partial charge on any atom is -0.317 e. The molecule has 1 aliphatic heterocycles. The van der Waals surface area contributed by atoms with Gasteiger partial charge in [-0.05, 0) is 31.8 Å². The van der Waals surface area contributed by atoms with E-state index in [0.29, 0.717) is 0 Å². The molecule has 4 heteroatoms. The lowest BCUT2D eigenvalue weighted by atomic mass is 10.0. The van der Waals surface area contributed by atoms with Gasteiger partial charge in [-0.3, -0.25) is 0 Å². The van der Waals surface area contributed by atoms with Crippen molar-refractivity contribution in [1.29, 1.82) is 0 Å². The third-order valence-electron chi connectivity index (χ3n) is 1.82. The predicted octanol–water partition coefficient (Wildman–Crippen LogP) is 0.192. The standard InChI is InChI=1S/C7H14NO2S/c1-11(9,10)6-7-2-4-8-5-3-7/h6-8H,2-5H2,1H3. The first-order valence-corrected chi connectivity index (χ1v) is 5.79. The second-order valence-corrected chi connectivity index (χ2v) is 4.98. The van der Waals surface area contributed by atoms with Crippen LogP contribution in [0.1, 0.15) is 12.8 Å². The van der Waals surface area contributed by atoms with Crippen LogP contribution in [0, 0.1) is 11.7 Å². The SMILES string of the molecule is CS(=O)(=O)[CH]C1CCNCC1. The highest BCUT2D eigenvalue weighted by molar-refractivity contribution is 7.92. The first kappa shape index (κ1) is 9.00. The second kappa shape index (κ2) is 3.54. The smallest absolute Gasteiger partial charge is 0.151 e. The molecule has 0 aromatic carbocycles. The molecule has 3 nitrogen and oxygen atoms in total. The molecule has 0 spiro atoms. The van der Waals surface area contributed by atoms with Crippen molar-refractivity contribution < 1.29 is 8.42 Å². The molecule has 0 amide bonds. The molecule has 11 heavy (non-hydrogen) atoms. The Kier molecular flexibility index (Phi) is 2.90. The first-order valence-electron chi connectivity index (χ1n) is 3.83. The Hall–Kier alpha value is -0.0900. The van der Waals surface area contributed by atoms with Crippen LogP contribution in [-0.2, 0) is 9.84 Å². The summed E-state index contributed by atoms with van der Waals surface area (Å²) < 4.78 is 21.6. The van der Waals surface area contributed by atoms with E-state index in [9.17, 15) is 8.42 Å². The fourth-order valence-corrected chi connectivity index (χ4v) is 2.30. The minimum atomic E-state index is -2.88. The van der Waals surface area contributed by atoms with Crippen LogP contribution >= 0.6 is 0 Å². The molecular formula is C7H14NO2S. The molecular weight excluding hydrogens is 162 g/mol. The van der Waals surface area contributed by atoms with Crippen LogP contribution in [0.5, 0.6) is 0 Å². The van der Waals surface area contributed by atoms with Crippen molar-refractivity contribution in [3.8, 4) is 0 Å². The van der Waals surface area contributed by atoms with E-state index in [1.807, 2.05) is 0 Å². The molecule has 0 saturated carbocycles. The molecule has 0 aromatic rings. The number of sulfone groups is 1. The summed E-state index contributed by atoms with van der Waals surface area (Å²) in [6.07, 6.45) is 3.16. The highest BCUT2D eigenvalue weighted by atomic mass is 32.2. The number of piperidine rings is 1. The Morgan fingerprint density at radius 2 is 1.91 bits per heavy atom. The normalized spacial score (nSPS) is 21.9. The summed E-state index contributed by atoms with van der Waals surface area (Å²) in [5, 5.41) is 3.19. The van der Waals surface area contributed by atoms with Crippen LogP contribution in [0.4, 0.5) is 0 Å². The van der Waals surface area contributed by atoms with E-state index in [-0.39, 0.29) is 5.92 Å². The van der Waals surface area contributed by atoms with Crippen LogP contribution in [0.15, 0.2) is 0 Å². The van der Waals surface area contributed by atoms with Crippen LogP contribution in [0.25, 0.3) is 0 Å². The van der Waals surface area contributed by atoms with Gasteiger partial charge in [0.1, 0.15) is 0 Å². The summed E-state index contributed by atoms with van der Waals surface area (Å²) >= 11 is 0. The molecule has 1 heterocycles. The van der Waals surface area contributed by atoms with Gasteiger partial charge in [-0.1, -0.05) is 0 Å². The van der Waals surface area contributed by atoms with Gasteiger partial charge in [0.05, 0.1) is 5.75 Å². The fourth-order valence-electron chi connectivity index (χ4n) is 1.33. The van der Waals surface area contributed by atoms with Gasteiger partial charge < -0.3 is 5.32 Å². The van der Waals surface area contributed by atoms with E-state index in [1.165, 1.54) is 12.0 Å². The number of rotatable bonds is 2. The zero-order valence-corrected chi connectivity index (χ0v) is 7.52. The topological polar surface area (TPSA) is 46.2 Å². The van der Waals surface area contributed by atoms with Crippen LogP contribution in [0.2, 0.25) is 0 Å². The molecule has 0 unspecified atom stereocenters. The largest absolute Gasteiger partial charge is 0.317 e. The highest BCUT2D eigenvalue weighted by Crippen LogP contribution is 2.17. The maximum atomic E-state index is 10.8. The lowest BCUT2D eigenvalue weighted by Crippen LogP contribution is -2.29. The number of hydrogen-bond acceptors (Lipinski definition) is 3. The quantitative estimate of drug-likeness (QED) is 0.653. The van der Waals surface area contributed by atoms with Crippen molar-refractivity contribution in [2.24, 2.45) is 5.92 Å². The molecule has 0 atom stereocenters. The third kappa shape index (κ3) is 3.72. The van der Waals surface area contributed by atoms with E-state index in [0.717, 1.165) is 25.9 Å². The second-order valence-electron chi connectivity index (χ2n) is 3.05. The van der Waals surface area contributed by atoms with Crippen LogP contribution < -0.4 is 5.32 Å². The molecule has 1 radical (unpaired) electrons. The van der Waals surface area contributed by atoms with E-state index in [2.05, 4.69) is 5.32 Å². The zero-order valence-electron chi connectivity index (χ0n) is 6.71. The van der Waals surface area contributed by atoms with E-state index < -0.39 is 9.84 Å². The Bertz CT molecular complexity index is 204. The molecule has 1 N–H and O–H groups in total. The van der Waals surface area contributed by atoms with Crippen molar-refractivity contribution in [3.05, 3.63) is 5.75 Å².